The second-order valence-corrected chi connectivity index (χ2v) is 7.46. The fraction of sp³-hybridized carbons (Fsp3) is 0.476. The van der Waals surface area contributed by atoms with Crippen molar-refractivity contribution in [1.82, 2.24) is 9.55 Å². The van der Waals surface area contributed by atoms with Crippen LogP contribution in [-0.2, 0) is 7.05 Å². The van der Waals surface area contributed by atoms with Crippen molar-refractivity contribution in [3.63, 3.8) is 0 Å². The molecule has 1 aromatic carbocycles. The molecule has 0 amide bonds. The fourth-order valence-corrected chi connectivity index (χ4v) is 4.24. The van der Waals surface area contributed by atoms with Gasteiger partial charge in [-0.2, -0.15) is 0 Å². The Balaban J connectivity index is 1.85. The zero-order valence-electron chi connectivity index (χ0n) is 16.4. The normalized spacial score (nSPS) is 20.7. The van der Waals surface area contributed by atoms with E-state index in [0.717, 1.165) is 48.1 Å². The summed E-state index contributed by atoms with van der Waals surface area (Å²) in [5.74, 6) is 0.905. The number of ether oxygens (including phenoxy) is 2. The number of aromatic nitrogens is 2. The number of nitrogens with zero attached hydrogens (tertiary/aromatic N) is 3. The van der Waals surface area contributed by atoms with Gasteiger partial charge in [-0.3, -0.25) is 4.99 Å². The van der Waals surface area contributed by atoms with Crippen LogP contribution in [0.5, 0.6) is 11.5 Å². The van der Waals surface area contributed by atoms with E-state index in [1.807, 2.05) is 6.07 Å². The minimum Gasteiger partial charge on any atom is -0.493 e. The second kappa shape index (κ2) is 7.93. The minimum absolute atomic E-state index is 0.111. The summed E-state index contributed by atoms with van der Waals surface area (Å²) in [4.78, 5) is 20.7. The number of alkyl halides is 2. The maximum atomic E-state index is 12.7. The molecule has 4 rings (SSSR count). The van der Waals surface area contributed by atoms with Crippen molar-refractivity contribution in [1.29, 1.82) is 0 Å². The third-order valence-corrected chi connectivity index (χ3v) is 5.60. The summed E-state index contributed by atoms with van der Waals surface area (Å²) < 4.78 is 37.6. The van der Waals surface area contributed by atoms with Crippen LogP contribution in [0.25, 0.3) is 0 Å². The first kappa shape index (κ1) is 19.5. The summed E-state index contributed by atoms with van der Waals surface area (Å²) in [6.07, 6.45) is 4.84. The van der Waals surface area contributed by atoms with E-state index in [1.54, 1.807) is 19.3 Å². The summed E-state index contributed by atoms with van der Waals surface area (Å²) in [7, 11) is 3.13. The van der Waals surface area contributed by atoms with Crippen LogP contribution >= 0.6 is 0 Å². The van der Waals surface area contributed by atoms with Crippen LogP contribution in [0.3, 0.4) is 0 Å². The van der Waals surface area contributed by atoms with Crippen LogP contribution in [-0.4, -0.2) is 41.4 Å². The molecular formula is C21H23F2N3O3. The van der Waals surface area contributed by atoms with Gasteiger partial charge in [0.15, 0.2) is 11.5 Å². The Morgan fingerprint density at radius 3 is 2.76 bits per heavy atom. The highest BCUT2D eigenvalue weighted by Gasteiger charge is 2.35. The van der Waals surface area contributed by atoms with E-state index in [1.165, 1.54) is 17.9 Å². The smallest absolute Gasteiger partial charge is 0.347 e. The molecule has 2 heterocycles. The molecule has 1 saturated carbocycles. The molecule has 29 heavy (non-hydrogen) atoms. The molecule has 2 atom stereocenters. The lowest BCUT2D eigenvalue weighted by Crippen LogP contribution is -2.30. The Morgan fingerprint density at radius 2 is 2.03 bits per heavy atom. The Hall–Kier alpha value is -2.77. The second-order valence-electron chi connectivity index (χ2n) is 7.46. The number of aryl methyl sites for hydroxylation is 1. The molecule has 0 radical (unpaired) electrons. The van der Waals surface area contributed by atoms with Gasteiger partial charge in [0.05, 0.1) is 18.9 Å². The van der Waals surface area contributed by atoms with Gasteiger partial charge in [-0.05, 0) is 30.5 Å². The van der Waals surface area contributed by atoms with E-state index in [-0.39, 0.29) is 17.6 Å². The van der Waals surface area contributed by atoms with E-state index < -0.39 is 13.0 Å². The molecule has 2 aromatic rings. The zero-order chi connectivity index (χ0) is 20.5. The lowest BCUT2D eigenvalue weighted by molar-refractivity contribution is 0.0803. The first-order valence-corrected chi connectivity index (χ1v) is 9.72. The van der Waals surface area contributed by atoms with Crippen LogP contribution in [0.15, 0.2) is 34.3 Å². The van der Waals surface area contributed by atoms with Gasteiger partial charge in [0.25, 0.3) is 6.43 Å². The molecule has 2 aliphatic rings. The molecule has 1 aromatic heterocycles. The van der Waals surface area contributed by atoms with Crippen molar-refractivity contribution >= 4 is 5.71 Å². The standard InChI is InChI=1S/C21H23F2N3O3/c1-26-10-12(9-24-21(26)27)20-15-8-17(28-2)18(29-11-19(22)23)7-14(15)13-5-3-4-6-16(13)25-20/h7-10,13,16,19H,3-6,11H2,1-2H3/t13-,16-/m1/s1. The number of aliphatic imine (C=N–C) groups is 1. The molecule has 1 fully saturated rings. The Morgan fingerprint density at radius 1 is 1.24 bits per heavy atom. The highest BCUT2D eigenvalue weighted by molar-refractivity contribution is 6.14. The van der Waals surface area contributed by atoms with Crippen LogP contribution in [0.4, 0.5) is 8.78 Å². The van der Waals surface area contributed by atoms with E-state index in [2.05, 4.69) is 4.98 Å². The van der Waals surface area contributed by atoms with Gasteiger partial charge in [-0.25, -0.2) is 18.6 Å². The van der Waals surface area contributed by atoms with Crippen molar-refractivity contribution < 1.29 is 18.3 Å². The first-order valence-electron chi connectivity index (χ1n) is 9.72. The van der Waals surface area contributed by atoms with Gasteiger partial charge in [0.2, 0.25) is 0 Å². The molecule has 6 nitrogen and oxygen atoms in total. The Bertz CT molecular complexity index is 1000. The van der Waals surface area contributed by atoms with Crippen LogP contribution in [0.1, 0.15) is 48.3 Å². The van der Waals surface area contributed by atoms with Crippen LogP contribution < -0.4 is 15.2 Å². The lowest BCUT2D eigenvalue weighted by atomic mass is 9.75. The maximum Gasteiger partial charge on any atom is 0.347 e. The molecule has 8 heteroatoms. The van der Waals surface area contributed by atoms with Gasteiger partial charge in [0.1, 0.15) is 6.61 Å². The summed E-state index contributed by atoms with van der Waals surface area (Å²) in [5, 5.41) is 0. The van der Waals surface area contributed by atoms with Crippen molar-refractivity contribution in [2.24, 2.45) is 12.0 Å². The van der Waals surface area contributed by atoms with E-state index in [4.69, 9.17) is 14.5 Å². The van der Waals surface area contributed by atoms with Crippen molar-refractivity contribution in [3.05, 3.63) is 51.7 Å². The highest BCUT2D eigenvalue weighted by Crippen LogP contribution is 2.44. The predicted octanol–water partition coefficient (Wildman–Crippen LogP) is 3.31. The van der Waals surface area contributed by atoms with Gasteiger partial charge >= 0.3 is 5.69 Å². The number of rotatable bonds is 5. The van der Waals surface area contributed by atoms with E-state index in [9.17, 15) is 13.6 Å². The average molecular weight is 403 g/mol. The SMILES string of the molecule is COc1cc2c(cc1OCC(F)F)[C@H]1CCCC[C@H]1N=C2c1cnc(=O)n(C)c1. The summed E-state index contributed by atoms with van der Waals surface area (Å²) in [6.45, 7) is -0.686. The number of fused-ring (bicyclic) bond motifs is 3. The molecule has 1 aliphatic heterocycles. The number of hydrogen-bond acceptors (Lipinski definition) is 5. The minimum atomic E-state index is -2.56. The number of hydrogen-bond donors (Lipinski definition) is 0. The zero-order valence-corrected chi connectivity index (χ0v) is 16.4. The van der Waals surface area contributed by atoms with Crippen molar-refractivity contribution in [2.45, 2.75) is 44.1 Å². The maximum absolute atomic E-state index is 12.7. The molecule has 154 valence electrons. The summed E-state index contributed by atoms with van der Waals surface area (Å²) in [6, 6.07) is 3.73. The summed E-state index contributed by atoms with van der Waals surface area (Å²) in [5.41, 5.74) is 3.04. The molecule has 0 bridgehead atoms. The number of benzene rings is 1. The van der Waals surface area contributed by atoms with Crippen LogP contribution in [0.2, 0.25) is 0 Å². The van der Waals surface area contributed by atoms with Crippen LogP contribution in [0, 0.1) is 0 Å². The van der Waals surface area contributed by atoms with Gasteiger partial charge < -0.3 is 14.0 Å². The predicted molar refractivity (Wildman–Crippen MR) is 105 cm³/mol. The topological polar surface area (TPSA) is 65.7 Å². The largest absolute Gasteiger partial charge is 0.493 e. The number of methoxy groups -OCH3 is 1. The molecule has 1 aliphatic carbocycles. The molecule has 0 unspecified atom stereocenters. The number of halogens is 2. The third kappa shape index (κ3) is 3.75. The molecule has 0 N–H and O–H groups in total. The van der Waals surface area contributed by atoms with E-state index in [0.29, 0.717) is 11.5 Å². The van der Waals surface area contributed by atoms with Gasteiger partial charge in [-0.15, -0.1) is 0 Å². The van der Waals surface area contributed by atoms with E-state index >= 15 is 0 Å². The summed E-state index contributed by atoms with van der Waals surface area (Å²) >= 11 is 0. The Kier molecular flexibility index (Phi) is 5.34. The highest BCUT2D eigenvalue weighted by atomic mass is 19.3. The quantitative estimate of drug-likeness (QED) is 0.768. The van der Waals surface area contributed by atoms with Gasteiger partial charge in [0, 0.05) is 36.5 Å². The first-order chi connectivity index (χ1) is 14.0. The monoisotopic (exact) mass is 403 g/mol. The molecular weight excluding hydrogens is 380 g/mol. The van der Waals surface area contributed by atoms with Crippen molar-refractivity contribution in [3.8, 4) is 11.5 Å². The van der Waals surface area contributed by atoms with Crippen molar-refractivity contribution in [2.75, 3.05) is 13.7 Å². The third-order valence-electron chi connectivity index (χ3n) is 5.60. The fourth-order valence-electron chi connectivity index (χ4n) is 4.24. The molecule has 0 spiro atoms. The van der Waals surface area contributed by atoms with Gasteiger partial charge in [-0.1, -0.05) is 12.8 Å². The molecule has 0 saturated heterocycles. The average Bonchev–Trinajstić information content (AvgIpc) is 2.73. The lowest BCUT2D eigenvalue weighted by Gasteiger charge is -2.35. The Labute approximate surface area is 167 Å².